The Hall–Kier alpha value is -2.67. The van der Waals surface area contributed by atoms with Crippen LogP contribution in [-0.4, -0.2) is 52.6 Å². The molecule has 3 aliphatic heterocycles. The van der Waals surface area contributed by atoms with Crippen LogP contribution in [0.5, 0.6) is 5.75 Å². The summed E-state index contributed by atoms with van der Waals surface area (Å²) >= 11 is 0. The lowest BCUT2D eigenvalue weighted by molar-refractivity contribution is -0.139. The normalized spacial score (nSPS) is 26.6. The Bertz CT molecular complexity index is 937. The summed E-state index contributed by atoms with van der Waals surface area (Å²) in [5.74, 6) is 1.32. The van der Waals surface area contributed by atoms with Crippen molar-refractivity contribution in [3.05, 3.63) is 58.8 Å². The molecular formula is C22H26N4O3. The van der Waals surface area contributed by atoms with Crippen molar-refractivity contribution in [1.29, 1.82) is 0 Å². The number of amides is 1. The summed E-state index contributed by atoms with van der Waals surface area (Å²) in [6.07, 6.45) is 6.07. The summed E-state index contributed by atoms with van der Waals surface area (Å²) in [7, 11) is 0. The van der Waals surface area contributed by atoms with E-state index in [-0.39, 0.29) is 23.5 Å². The van der Waals surface area contributed by atoms with Gasteiger partial charge in [0.1, 0.15) is 17.9 Å². The summed E-state index contributed by atoms with van der Waals surface area (Å²) in [5.41, 5.74) is 0.932. The minimum absolute atomic E-state index is 0.0627. The monoisotopic (exact) mass is 394 g/mol. The Morgan fingerprint density at radius 1 is 1.14 bits per heavy atom. The third-order valence-electron chi connectivity index (χ3n) is 6.49. The fraction of sp³-hybridized carbons (Fsp3) is 0.500. The SMILES string of the molecule is O=C([C@H]1[C@@H]2CNC[C@@H](C2)c2cccc(=O)n21)N1CCC(Oc2cccnc2)CC1. The molecule has 152 valence electrons. The molecule has 0 saturated carbocycles. The van der Waals surface area contributed by atoms with Gasteiger partial charge >= 0.3 is 0 Å². The van der Waals surface area contributed by atoms with E-state index in [1.165, 1.54) is 0 Å². The molecule has 29 heavy (non-hydrogen) atoms. The standard InChI is InChI=1S/C22H26N4O3/c27-20-5-1-4-19-15-11-16(13-24-12-15)21(26(19)20)22(28)25-9-6-17(7-10-25)29-18-3-2-8-23-14-18/h1-5,8,14-17,21,24H,6-7,9-13H2/t15-,16+,21-/m1/s1. The van der Waals surface area contributed by atoms with Crippen molar-refractivity contribution in [2.75, 3.05) is 26.2 Å². The molecule has 2 bridgehead atoms. The Balaban J connectivity index is 1.32. The highest BCUT2D eigenvalue weighted by Crippen LogP contribution is 2.39. The number of ether oxygens (including phenoxy) is 1. The zero-order valence-corrected chi connectivity index (χ0v) is 16.4. The second-order valence-electron chi connectivity index (χ2n) is 8.29. The molecule has 3 atom stereocenters. The topological polar surface area (TPSA) is 76.5 Å². The highest BCUT2D eigenvalue weighted by molar-refractivity contribution is 5.81. The molecule has 1 amide bonds. The van der Waals surface area contributed by atoms with Gasteiger partial charge in [0.2, 0.25) is 5.91 Å². The van der Waals surface area contributed by atoms with E-state index in [1.54, 1.807) is 23.0 Å². The van der Waals surface area contributed by atoms with Crippen LogP contribution in [0.2, 0.25) is 0 Å². The summed E-state index contributed by atoms with van der Waals surface area (Å²) in [6.45, 7) is 2.97. The van der Waals surface area contributed by atoms with Gasteiger partial charge in [-0.05, 0) is 24.6 Å². The quantitative estimate of drug-likeness (QED) is 0.855. The first kappa shape index (κ1) is 18.4. The molecule has 2 aromatic rings. The van der Waals surface area contributed by atoms with Crippen molar-refractivity contribution in [2.45, 2.75) is 37.3 Å². The van der Waals surface area contributed by atoms with E-state index in [1.807, 2.05) is 29.2 Å². The van der Waals surface area contributed by atoms with Crippen LogP contribution in [0.4, 0.5) is 0 Å². The largest absolute Gasteiger partial charge is 0.489 e. The zero-order chi connectivity index (χ0) is 19.8. The number of pyridine rings is 2. The predicted octanol–water partition coefficient (Wildman–Crippen LogP) is 1.56. The summed E-state index contributed by atoms with van der Waals surface area (Å²) in [4.78, 5) is 32.2. The number of fused-ring (bicyclic) bond motifs is 4. The van der Waals surface area contributed by atoms with Crippen LogP contribution >= 0.6 is 0 Å². The molecule has 7 heteroatoms. The van der Waals surface area contributed by atoms with Gasteiger partial charge in [0, 0.05) is 68.8 Å². The number of hydrogen-bond acceptors (Lipinski definition) is 5. The first-order valence-corrected chi connectivity index (χ1v) is 10.5. The van der Waals surface area contributed by atoms with E-state index >= 15 is 0 Å². The molecule has 0 spiro atoms. The highest BCUT2D eigenvalue weighted by atomic mass is 16.5. The van der Waals surface area contributed by atoms with Crippen LogP contribution in [0.15, 0.2) is 47.5 Å². The van der Waals surface area contributed by atoms with E-state index in [9.17, 15) is 9.59 Å². The maximum absolute atomic E-state index is 13.5. The second kappa shape index (κ2) is 7.63. The second-order valence-corrected chi connectivity index (χ2v) is 8.29. The lowest BCUT2D eigenvalue weighted by Crippen LogP contribution is -2.54. The van der Waals surface area contributed by atoms with Crippen molar-refractivity contribution in [3.8, 4) is 5.75 Å². The fourth-order valence-electron chi connectivity index (χ4n) is 5.10. The van der Waals surface area contributed by atoms with Gasteiger partial charge in [0.15, 0.2) is 0 Å². The smallest absolute Gasteiger partial charge is 0.251 e. The third kappa shape index (κ3) is 3.44. The van der Waals surface area contributed by atoms with E-state index in [0.29, 0.717) is 19.0 Å². The third-order valence-corrected chi connectivity index (χ3v) is 6.49. The van der Waals surface area contributed by atoms with E-state index in [4.69, 9.17) is 4.74 Å². The van der Waals surface area contributed by atoms with Crippen molar-refractivity contribution >= 4 is 5.91 Å². The van der Waals surface area contributed by atoms with Crippen LogP contribution < -0.4 is 15.6 Å². The molecule has 5 heterocycles. The number of hydrogen-bond donors (Lipinski definition) is 1. The molecule has 1 N–H and O–H groups in total. The highest BCUT2D eigenvalue weighted by Gasteiger charge is 2.43. The Morgan fingerprint density at radius 2 is 2.00 bits per heavy atom. The van der Waals surface area contributed by atoms with Crippen molar-refractivity contribution in [1.82, 2.24) is 19.8 Å². The number of nitrogens with one attached hydrogen (secondary N) is 1. The van der Waals surface area contributed by atoms with Crippen molar-refractivity contribution < 1.29 is 9.53 Å². The van der Waals surface area contributed by atoms with Gasteiger partial charge in [-0.3, -0.25) is 19.1 Å². The zero-order valence-electron chi connectivity index (χ0n) is 16.4. The molecule has 0 radical (unpaired) electrons. The summed E-state index contributed by atoms with van der Waals surface area (Å²) < 4.78 is 7.78. The van der Waals surface area contributed by atoms with Gasteiger partial charge in [0.25, 0.3) is 5.56 Å². The number of nitrogens with zero attached hydrogens (tertiary/aromatic N) is 3. The van der Waals surface area contributed by atoms with Gasteiger partial charge in [-0.25, -0.2) is 0 Å². The maximum Gasteiger partial charge on any atom is 0.251 e. The maximum atomic E-state index is 13.5. The Kier molecular flexibility index (Phi) is 4.83. The molecule has 0 aromatic carbocycles. The van der Waals surface area contributed by atoms with Gasteiger partial charge < -0.3 is 15.0 Å². The number of rotatable bonds is 3. The first-order valence-electron chi connectivity index (χ1n) is 10.5. The van der Waals surface area contributed by atoms with Crippen LogP contribution in [0.1, 0.15) is 36.9 Å². The Morgan fingerprint density at radius 3 is 2.79 bits per heavy atom. The van der Waals surface area contributed by atoms with Gasteiger partial charge in [-0.15, -0.1) is 0 Å². The average Bonchev–Trinajstić information content (AvgIpc) is 2.76. The first-order chi connectivity index (χ1) is 14.2. The number of piperidine rings is 2. The van der Waals surface area contributed by atoms with Crippen molar-refractivity contribution in [3.63, 3.8) is 0 Å². The lowest BCUT2D eigenvalue weighted by Gasteiger charge is -2.44. The van der Waals surface area contributed by atoms with Gasteiger partial charge in [0.05, 0.1) is 6.20 Å². The van der Waals surface area contributed by atoms with Crippen LogP contribution in [0.3, 0.4) is 0 Å². The Labute approximate surface area is 169 Å². The molecule has 3 aliphatic rings. The van der Waals surface area contributed by atoms with E-state index in [2.05, 4.69) is 10.3 Å². The van der Waals surface area contributed by atoms with E-state index < -0.39 is 6.04 Å². The summed E-state index contributed by atoms with van der Waals surface area (Å²) in [6, 6.07) is 8.75. The molecule has 2 saturated heterocycles. The fourth-order valence-corrected chi connectivity index (χ4v) is 5.10. The molecule has 2 aromatic heterocycles. The molecule has 0 aliphatic carbocycles. The lowest BCUT2D eigenvalue weighted by atomic mass is 9.78. The van der Waals surface area contributed by atoms with Crippen LogP contribution in [-0.2, 0) is 4.79 Å². The predicted molar refractivity (Wildman–Crippen MR) is 108 cm³/mol. The van der Waals surface area contributed by atoms with Gasteiger partial charge in [-0.2, -0.15) is 0 Å². The number of aromatic nitrogens is 2. The number of carbonyl (C=O) groups excluding carboxylic acids is 1. The summed E-state index contributed by atoms with van der Waals surface area (Å²) in [5, 5.41) is 3.46. The average molecular weight is 394 g/mol. The van der Waals surface area contributed by atoms with Crippen molar-refractivity contribution in [2.24, 2.45) is 5.92 Å². The molecule has 7 nitrogen and oxygen atoms in total. The number of carbonyl (C=O) groups is 1. The minimum atomic E-state index is -0.404. The molecule has 2 fully saturated rings. The van der Waals surface area contributed by atoms with Crippen LogP contribution in [0.25, 0.3) is 0 Å². The molecular weight excluding hydrogens is 368 g/mol. The van der Waals surface area contributed by atoms with E-state index in [0.717, 1.165) is 43.8 Å². The molecule has 0 unspecified atom stereocenters. The molecule has 5 rings (SSSR count). The number of likely N-dealkylation sites (tertiary alicyclic amines) is 1. The van der Waals surface area contributed by atoms with Crippen LogP contribution in [0, 0.1) is 5.92 Å². The van der Waals surface area contributed by atoms with Gasteiger partial charge in [-0.1, -0.05) is 6.07 Å². The minimum Gasteiger partial charge on any atom is -0.489 e.